The number of piperazine rings is 1. The number of anilines is 1. The average Bonchev–Trinajstić information content (AvgIpc) is 3.01. The molecule has 0 atom stereocenters. The molecule has 0 spiro atoms. The van der Waals surface area contributed by atoms with Crippen LogP contribution in [0, 0.1) is 24.0 Å². The largest absolute Gasteiger partial charge is 0.361 e. The predicted octanol–water partition coefficient (Wildman–Crippen LogP) is 2.18. The fourth-order valence-electron chi connectivity index (χ4n) is 3.33. The topological polar surface area (TPSA) is 122 Å². The number of benzene rings is 1. The molecule has 0 bridgehead atoms. The summed E-state index contributed by atoms with van der Waals surface area (Å²) in [5, 5.41) is 17.8. The number of aryl methyl sites for hydroxylation is 2. The number of hydrogen-bond acceptors (Lipinski definition) is 7. The molecule has 0 unspecified atom stereocenters. The Balaban J connectivity index is 1.50. The Morgan fingerprint density at radius 2 is 1.97 bits per heavy atom. The van der Waals surface area contributed by atoms with Crippen LogP contribution in [0.2, 0.25) is 5.02 Å². The minimum absolute atomic E-state index is 0.00899. The molecule has 0 aliphatic carbocycles. The molecule has 1 aliphatic rings. The van der Waals surface area contributed by atoms with Gasteiger partial charge < -0.3 is 14.7 Å². The second kappa shape index (κ2) is 9.23. The van der Waals surface area contributed by atoms with Crippen LogP contribution in [0.5, 0.6) is 0 Å². The van der Waals surface area contributed by atoms with Gasteiger partial charge in [-0.3, -0.25) is 24.6 Å². The van der Waals surface area contributed by atoms with Crippen LogP contribution >= 0.6 is 11.6 Å². The van der Waals surface area contributed by atoms with E-state index in [1.807, 2.05) is 4.90 Å². The zero-order chi connectivity index (χ0) is 21.8. The van der Waals surface area contributed by atoms with Crippen LogP contribution < -0.4 is 5.32 Å². The number of nitro groups is 1. The normalized spacial score (nSPS) is 14.6. The number of nitrogens with zero attached hydrogens (tertiary/aromatic N) is 4. The summed E-state index contributed by atoms with van der Waals surface area (Å²) in [4.78, 5) is 39.1. The van der Waals surface area contributed by atoms with Gasteiger partial charge in [0, 0.05) is 42.8 Å². The molecule has 30 heavy (non-hydrogen) atoms. The highest BCUT2D eigenvalue weighted by atomic mass is 35.5. The Morgan fingerprint density at radius 1 is 1.27 bits per heavy atom. The molecule has 1 fully saturated rings. The van der Waals surface area contributed by atoms with Crippen LogP contribution in [0.25, 0.3) is 0 Å². The monoisotopic (exact) mass is 435 g/mol. The lowest BCUT2D eigenvalue weighted by Crippen LogP contribution is -2.50. The lowest BCUT2D eigenvalue weighted by atomic mass is 10.1. The first-order valence-electron chi connectivity index (χ1n) is 9.40. The highest BCUT2D eigenvalue weighted by Gasteiger charge is 2.25. The Hall–Kier alpha value is -2.98. The van der Waals surface area contributed by atoms with E-state index < -0.39 is 4.92 Å². The lowest BCUT2D eigenvalue weighted by Gasteiger charge is -2.34. The van der Waals surface area contributed by atoms with Crippen molar-refractivity contribution in [3.05, 3.63) is 50.4 Å². The maximum absolute atomic E-state index is 12.6. The van der Waals surface area contributed by atoms with E-state index in [1.54, 1.807) is 18.7 Å². The van der Waals surface area contributed by atoms with Crippen molar-refractivity contribution in [2.75, 3.05) is 38.0 Å². The second-order valence-electron chi connectivity index (χ2n) is 7.10. The molecular formula is C19H22ClN5O5. The fraction of sp³-hybridized carbons (Fsp3) is 0.421. The molecule has 11 heteroatoms. The molecule has 1 aliphatic heterocycles. The number of rotatable bonds is 6. The highest BCUT2D eigenvalue weighted by Crippen LogP contribution is 2.27. The standard InChI is InChI=1S/C19H22ClN5O5/c1-12-15(13(2)30-22-12)10-19(27)24-7-5-23(6-8-24)11-18(26)21-16-4-3-14(20)9-17(16)25(28)29/h3-4,9H,5-8,10-11H2,1-2H3,(H,21,26). The zero-order valence-corrected chi connectivity index (χ0v) is 17.4. The molecule has 0 saturated carbocycles. The van der Waals surface area contributed by atoms with Gasteiger partial charge in [-0.2, -0.15) is 0 Å². The van der Waals surface area contributed by atoms with Gasteiger partial charge in [-0.25, -0.2) is 0 Å². The third-order valence-corrected chi connectivity index (χ3v) is 5.27. The Morgan fingerprint density at radius 3 is 2.57 bits per heavy atom. The molecule has 3 rings (SSSR count). The van der Waals surface area contributed by atoms with Gasteiger partial charge in [-0.1, -0.05) is 16.8 Å². The number of halogens is 1. The Bertz CT molecular complexity index is 949. The van der Waals surface area contributed by atoms with Gasteiger partial charge >= 0.3 is 0 Å². The average molecular weight is 436 g/mol. The highest BCUT2D eigenvalue weighted by molar-refractivity contribution is 6.31. The summed E-state index contributed by atoms with van der Waals surface area (Å²) in [6.07, 6.45) is 0.238. The molecule has 2 heterocycles. The van der Waals surface area contributed by atoms with Crippen molar-refractivity contribution in [1.82, 2.24) is 15.0 Å². The Labute approximate surface area is 177 Å². The van der Waals surface area contributed by atoms with Gasteiger partial charge in [0.25, 0.3) is 5.69 Å². The predicted molar refractivity (Wildman–Crippen MR) is 109 cm³/mol. The van der Waals surface area contributed by atoms with Crippen molar-refractivity contribution in [3.8, 4) is 0 Å². The van der Waals surface area contributed by atoms with Crippen LogP contribution in [0.4, 0.5) is 11.4 Å². The number of carbonyl (C=O) groups excluding carboxylic acids is 2. The quantitative estimate of drug-likeness (QED) is 0.545. The smallest absolute Gasteiger partial charge is 0.294 e. The summed E-state index contributed by atoms with van der Waals surface area (Å²) >= 11 is 5.79. The summed E-state index contributed by atoms with van der Waals surface area (Å²) in [6.45, 7) is 5.72. The van der Waals surface area contributed by atoms with Crippen LogP contribution in [-0.4, -0.2) is 64.4 Å². The van der Waals surface area contributed by atoms with Crippen molar-refractivity contribution in [2.24, 2.45) is 0 Å². The minimum atomic E-state index is -0.592. The minimum Gasteiger partial charge on any atom is -0.361 e. The van der Waals surface area contributed by atoms with Crippen molar-refractivity contribution < 1.29 is 19.0 Å². The summed E-state index contributed by atoms with van der Waals surface area (Å²) < 4.78 is 5.10. The number of hydrogen-bond donors (Lipinski definition) is 1. The molecule has 1 aromatic carbocycles. The van der Waals surface area contributed by atoms with Crippen molar-refractivity contribution >= 4 is 34.8 Å². The number of carbonyl (C=O) groups is 2. The van der Waals surface area contributed by atoms with E-state index in [0.29, 0.717) is 37.6 Å². The van der Waals surface area contributed by atoms with Gasteiger partial charge in [0.05, 0.1) is 23.6 Å². The maximum Gasteiger partial charge on any atom is 0.294 e. The van der Waals surface area contributed by atoms with E-state index in [-0.39, 0.29) is 41.2 Å². The summed E-state index contributed by atoms with van der Waals surface area (Å²) in [5.74, 6) is 0.272. The van der Waals surface area contributed by atoms with Gasteiger partial charge in [-0.05, 0) is 26.0 Å². The number of amides is 2. The third-order valence-electron chi connectivity index (χ3n) is 5.03. The molecule has 0 radical (unpaired) electrons. The first-order chi connectivity index (χ1) is 14.2. The molecule has 2 amide bonds. The van der Waals surface area contributed by atoms with E-state index in [1.165, 1.54) is 18.2 Å². The molecule has 10 nitrogen and oxygen atoms in total. The summed E-state index contributed by atoms with van der Waals surface area (Å²) in [5.41, 5.74) is 1.37. The van der Waals surface area contributed by atoms with Gasteiger partial charge in [0.15, 0.2) is 0 Å². The number of aromatic nitrogens is 1. The van der Waals surface area contributed by atoms with Crippen molar-refractivity contribution in [3.63, 3.8) is 0 Å². The van der Waals surface area contributed by atoms with Crippen LogP contribution in [0.15, 0.2) is 22.7 Å². The molecule has 160 valence electrons. The van der Waals surface area contributed by atoms with Gasteiger partial charge in [-0.15, -0.1) is 0 Å². The molecule has 1 N–H and O–H groups in total. The van der Waals surface area contributed by atoms with Crippen LogP contribution in [0.1, 0.15) is 17.0 Å². The molecule has 1 saturated heterocycles. The molecule has 2 aromatic rings. The van der Waals surface area contributed by atoms with Crippen molar-refractivity contribution in [1.29, 1.82) is 0 Å². The Kier molecular flexibility index (Phi) is 6.68. The van der Waals surface area contributed by atoms with Crippen molar-refractivity contribution in [2.45, 2.75) is 20.3 Å². The van der Waals surface area contributed by atoms with E-state index in [4.69, 9.17) is 16.1 Å². The first kappa shape index (κ1) is 21.7. The fourth-order valence-corrected chi connectivity index (χ4v) is 3.49. The van der Waals surface area contributed by atoms with E-state index >= 15 is 0 Å². The van der Waals surface area contributed by atoms with Crippen LogP contribution in [-0.2, 0) is 16.0 Å². The summed E-state index contributed by atoms with van der Waals surface area (Å²) in [6, 6.07) is 4.08. The molecule has 1 aromatic heterocycles. The van der Waals surface area contributed by atoms with E-state index in [0.717, 1.165) is 5.56 Å². The second-order valence-corrected chi connectivity index (χ2v) is 7.54. The third kappa shape index (κ3) is 5.14. The SMILES string of the molecule is Cc1noc(C)c1CC(=O)N1CCN(CC(=O)Nc2ccc(Cl)cc2[N+](=O)[O-])CC1. The van der Waals surface area contributed by atoms with Crippen LogP contribution in [0.3, 0.4) is 0 Å². The summed E-state index contributed by atoms with van der Waals surface area (Å²) in [7, 11) is 0. The molecular weight excluding hydrogens is 414 g/mol. The lowest BCUT2D eigenvalue weighted by molar-refractivity contribution is -0.383. The van der Waals surface area contributed by atoms with Gasteiger partial charge in [0.1, 0.15) is 11.4 Å². The zero-order valence-electron chi connectivity index (χ0n) is 16.7. The van der Waals surface area contributed by atoms with E-state index in [9.17, 15) is 19.7 Å². The number of nitro benzene ring substituents is 1. The number of nitrogens with one attached hydrogen (secondary N) is 1. The first-order valence-corrected chi connectivity index (χ1v) is 9.78. The van der Waals surface area contributed by atoms with Gasteiger partial charge in [0.2, 0.25) is 11.8 Å². The maximum atomic E-state index is 12.6. The van der Waals surface area contributed by atoms with E-state index in [2.05, 4.69) is 10.5 Å².